The lowest BCUT2D eigenvalue weighted by molar-refractivity contribution is 1.06. The number of benzene rings is 7. The molecule has 6 nitrogen and oxygen atoms in total. The van der Waals surface area contributed by atoms with Crippen LogP contribution < -0.4 is 25.6 Å². The summed E-state index contributed by atoms with van der Waals surface area (Å²) in [5.74, 6) is 0. The standard InChI is InChI=1S/C52H42N6Si/c1-31-25-27-41-39(29-31)40-30-32(2)26-28-42(40)57(41)51-47-49(55-35(5)33(3)53-47)52(50-48(51)54-34(4)36(6)56-50)58-43-21-13-15-23-45(43)59(37-17-9-7-10-18-37,38-19-11-8-12-20-38)46-24-16-14-22-44(46)58/h7-30H,1-6H3. The van der Waals surface area contributed by atoms with Crippen molar-refractivity contribution in [2.24, 2.45) is 0 Å². The van der Waals surface area contributed by atoms with E-state index in [-0.39, 0.29) is 0 Å². The van der Waals surface area contributed by atoms with Gasteiger partial charge in [0.05, 0.1) is 33.8 Å². The van der Waals surface area contributed by atoms with Crippen molar-refractivity contribution in [2.45, 2.75) is 41.5 Å². The molecular weight excluding hydrogens is 737 g/mol. The molecule has 11 rings (SSSR count). The fourth-order valence-corrected chi connectivity index (χ4v) is 14.8. The minimum Gasteiger partial charge on any atom is -0.307 e. The number of anilines is 3. The third-order valence-electron chi connectivity index (χ3n) is 12.5. The van der Waals surface area contributed by atoms with Crippen LogP contribution in [0.4, 0.5) is 17.1 Å². The van der Waals surface area contributed by atoms with Gasteiger partial charge >= 0.3 is 0 Å². The zero-order valence-corrected chi connectivity index (χ0v) is 35.0. The number of hydrogen-bond donors (Lipinski definition) is 0. The number of fused-ring (bicyclic) bond motifs is 7. The first-order valence-electron chi connectivity index (χ1n) is 20.3. The number of rotatable bonds is 4. The van der Waals surface area contributed by atoms with E-state index in [1.807, 2.05) is 0 Å². The van der Waals surface area contributed by atoms with E-state index < -0.39 is 8.07 Å². The number of aryl methyl sites for hydroxylation is 6. The third kappa shape index (κ3) is 4.98. The van der Waals surface area contributed by atoms with Gasteiger partial charge in [-0.2, -0.15) is 0 Å². The average molecular weight is 779 g/mol. The summed E-state index contributed by atoms with van der Waals surface area (Å²) >= 11 is 0. The third-order valence-corrected chi connectivity index (χ3v) is 17.4. The molecule has 4 heterocycles. The molecule has 0 fully saturated rings. The van der Waals surface area contributed by atoms with Crippen LogP contribution in [0.5, 0.6) is 0 Å². The van der Waals surface area contributed by atoms with Gasteiger partial charge < -0.3 is 9.47 Å². The molecule has 10 aromatic rings. The largest absolute Gasteiger partial charge is 0.307 e. The van der Waals surface area contributed by atoms with Gasteiger partial charge in [0.1, 0.15) is 33.4 Å². The van der Waals surface area contributed by atoms with Crippen molar-refractivity contribution in [3.8, 4) is 5.69 Å². The van der Waals surface area contributed by atoms with Crippen LogP contribution in [0.25, 0.3) is 49.6 Å². The summed E-state index contributed by atoms with van der Waals surface area (Å²) in [6.07, 6.45) is 0. The fourth-order valence-electron chi connectivity index (χ4n) is 9.66. The molecule has 1 aliphatic heterocycles. The lowest BCUT2D eigenvalue weighted by Gasteiger charge is -2.45. The molecular formula is C52H42N6Si. The molecule has 0 unspecified atom stereocenters. The molecule has 0 bridgehead atoms. The molecule has 0 saturated carbocycles. The minimum absolute atomic E-state index is 0.792. The minimum atomic E-state index is -2.87. The number of nitrogens with zero attached hydrogens (tertiary/aromatic N) is 6. The molecule has 0 N–H and O–H groups in total. The zero-order chi connectivity index (χ0) is 40.2. The van der Waals surface area contributed by atoms with Crippen LogP contribution >= 0.6 is 0 Å². The molecule has 0 amide bonds. The van der Waals surface area contributed by atoms with Crippen molar-refractivity contribution in [3.63, 3.8) is 0 Å². The Labute approximate surface area is 344 Å². The second kappa shape index (κ2) is 13.0. The summed E-state index contributed by atoms with van der Waals surface area (Å²) in [6.45, 7) is 12.6. The average Bonchev–Trinajstić information content (AvgIpc) is 3.56. The van der Waals surface area contributed by atoms with Crippen LogP contribution in [-0.4, -0.2) is 32.6 Å². The monoisotopic (exact) mass is 778 g/mol. The van der Waals surface area contributed by atoms with Crippen LogP contribution in [-0.2, 0) is 0 Å². The van der Waals surface area contributed by atoms with Gasteiger partial charge in [-0.3, -0.25) is 0 Å². The second-order valence-electron chi connectivity index (χ2n) is 16.1. The fraction of sp³-hybridized carbons (Fsp3) is 0.115. The molecule has 0 aliphatic carbocycles. The Morgan fingerprint density at radius 3 is 1.19 bits per heavy atom. The molecule has 3 aromatic heterocycles. The summed E-state index contributed by atoms with van der Waals surface area (Å²) in [7, 11) is -2.87. The van der Waals surface area contributed by atoms with Crippen molar-refractivity contribution < 1.29 is 0 Å². The smallest absolute Gasteiger partial charge is 0.184 e. The van der Waals surface area contributed by atoms with Crippen molar-refractivity contribution in [3.05, 3.63) is 179 Å². The predicted molar refractivity (Wildman–Crippen MR) is 247 cm³/mol. The Kier molecular flexibility index (Phi) is 7.78. The lowest BCUT2D eigenvalue weighted by Crippen LogP contribution is -2.77. The summed E-state index contributed by atoms with van der Waals surface area (Å²) in [6, 6.07) is 53.7. The van der Waals surface area contributed by atoms with Gasteiger partial charge in [0.2, 0.25) is 0 Å². The maximum absolute atomic E-state index is 5.54. The molecule has 59 heavy (non-hydrogen) atoms. The first-order valence-corrected chi connectivity index (χ1v) is 22.3. The van der Waals surface area contributed by atoms with Gasteiger partial charge in [0.25, 0.3) is 0 Å². The quantitative estimate of drug-likeness (QED) is 0.132. The van der Waals surface area contributed by atoms with Gasteiger partial charge in [-0.1, -0.05) is 120 Å². The molecule has 284 valence electrons. The Morgan fingerprint density at radius 2 is 0.763 bits per heavy atom. The van der Waals surface area contributed by atoms with Crippen molar-refractivity contribution in [1.29, 1.82) is 0 Å². The maximum atomic E-state index is 5.54. The van der Waals surface area contributed by atoms with Crippen LogP contribution in [0.1, 0.15) is 33.9 Å². The summed E-state index contributed by atoms with van der Waals surface area (Å²) in [4.78, 5) is 24.5. The van der Waals surface area contributed by atoms with E-state index >= 15 is 0 Å². The molecule has 0 radical (unpaired) electrons. The van der Waals surface area contributed by atoms with Crippen molar-refractivity contribution >= 4 is 89.8 Å². The first kappa shape index (κ1) is 35.2. The van der Waals surface area contributed by atoms with E-state index in [0.29, 0.717) is 0 Å². The predicted octanol–water partition coefficient (Wildman–Crippen LogP) is 9.68. The molecule has 0 atom stereocenters. The highest BCUT2D eigenvalue weighted by atomic mass is 28.3. The van der Waals surface area contributed by atoms with E-state index in [1.165, 1.54) is 42.6 Å². The highest BCUT2D eigenvalue weighted by molar-refractivity contribution is 7.21. The van der Waals surface area contributed by atoms with Gasteiger partial charge in [0.15, 0.2) is 8.07 Å². The van der Waals surface area contributed by atoms with Crippen LogP contribution in [0, 0.1) is 41.5 Å². The number of hydrogen-bond acceptors (Lipinski definition) is 5. The second-order valence-corrected chi connectivity index (χ2v) is 19.8. The van der Waals surface area contributed by atoms with E-state index in [2.05, 4.69) is 197 Å². The zero-order valence-electron chi connectivity index (χ0n) is 34.0. The molecule has 0 spiro atoms. The van der Waals surface area contributed by atoms with E-state index in [0.717, 1.165) is 78.6 Å². The summed E-state index contributed by atoms with van der Waals surface area (Å²) < 4.78 is 2.37. The molecule has 0 saturated heterocycles. The normalized spacial score (nSPS) is 13.4. The van der Waals surface area contributed by atoms with Crippen molar-refractivity contribution in [2.75, 3.05) is 4.90 Å². The summed E-state index contributed by atoms with van der Waals surface area (Å²) in [5.41, 5.74) is 15.3. The SMILES string of the molecule is Cc1ccc2c(c1)c1cc(C)ccc1n2-c1c2nc(C)c(C)nc2c(N2c3ccccc3[Si](c3ccccc3)(c3ccccc3)c3ccccc32)c2nc(C)c(C)nc12. The van der Waals surface area contributed by atoms with Crippen molar-refractivity contribution in [1.82, 2.24) is 24.5 Å². The van der Waals surface area contributed by atoms with E-state index in [1.54, 1.807) is 0 Å². The molecule has 1 aliphatic rings. The highest BCUT2D eigenvalue weighted by Gasteiger charge is 2.49. The van der Waals surface area contributed by atoms with E-state index in [9.17, 15) is 0 Å². The topological polar surface area (TPSA) is 59.7 Å². The Morgan fingerprint density at radius 1 is 0.390 bits per heavy atom. The Hall–Kier alpha value is -6.96. The summed E-state index contributed by atoms with van der Waals surface area (Å²) in [5, 5.41) is 7.69. The van der Waals surface area contributed by atoms with Gasteiger partial charge in [-0.15, -0.1) is 0 Å². The van der Waals surface area contributed by atoms with Crippen LogP contribution in [0.3, 0.4) is 0 Å². The first-order chi connectivity index (χ1) is 28.8. The van der Waals surface area contributed by atoms with Crippen LogP contribution in [0.15, 0.2) is 146 Å². The molecule has 7 heteroatoms. The van der Waals surface area contributed by atoms with E-state index in [4.69, 9.17) is 19.9 Å². The molecule has 7 aromatic carbocycles. The Balaban J connectivity index is 1.34. The van der Waals surface area contributed by atoms with Crippen LogP contribution in [0.2, 0.25) is 0 Å². The lowest BCUT2D eigenvalue weighted by atomic mass is 10.1. The van der Waals surface area contributed by atoms with Gasteiger partial charge in [0, 0.05) is 22.1 Å². The maximum Gasteiger partial charge on any atom is 0.184 e. The highest BCUT2D eigenvalue weighted by Crippen LogP contribution is 2.47. The number of para-hydroxylation sites is 2. The Bertz CT molecular complexity index is 3140. The number of aromatic nitrogens is 5. The van der Waals surface area contributed by atoms with Gasteiger partial charge in [-0.05, 0) is 98.7 Å². The van der Waals surface area contributed by atoms with Gasteiger partial charge in [-0.25, -0.2) is 19.9 Å².